The molecule has 1 radical (unpaired) electrons. The van der Waals surface area contributed by atoms with Gasteiger partial charge in [-0.25, -0.2) is 4.39 Å². The third kappa shape index (κ3) is 3.44. The van der Waals surface area contributed by atoms with Crippen molar-refractivity contribution in [1.29, 1.82) is 0 Å². The lowest BCUT2D eigenvalue weighted by Gasteiger charge is -2.33. The van der Waals surface area contributed by atoms with Crippen LogP contribution in [0.15, 0.2) is 34.9 Å². The van der Waals surface area contributed by atoms with Crippen LogP contribution in [0.4, 0.5) is 15.8 Å². The van der Waals surface area contributed by atoms with E-state index in [2.05, 4.69) is 28.4 Å². The molecule has 0 aliphatic carbocycles. The molecule has 3 aromatic rings. The van der Waals surface area contributed by atoms with E-state index >= 15 is 0 Å². The van der Waals surface area contributed by atoms with Crippen molar-refractivity contribution >= 4 is 22.3 Å². The molecule has 2 heterocycles. The van der Waals surface area contributed by atoms with Gasteiger partial charge in [0.15, 0.2) is 11.3 Å². The van der Waals surface area contributed by atoms with E-state index < -0.39 is 0 Å². The molecular weight excluding hydrogens is 345 g/mol. The Morgan fingerprint density at radius 3 is 2.93 bits per heavy atom. The van der Waals surface area contributed by atoms with E-state index in [1.54, 1.807) is 6.07 Å². The number of hydrogen-bond donors (Lipinski definition) is 2. The van der Waals surface area contributed by atoms with E-state index in [-0.39, 0.29) is 17.5 Å². The molecule has 0 amide bonds. The number of piperidine rings is 1. The van der Waals surface area contributed by atoms with Gasteiger partial charge < -0.3 is 19.8 Å². The third-order valence-corrected chi connectivity index (χ3v) is 5.18. The van der Waals surface area contributed by atoms with Crippen molar-refractivity contribution in [2.45, 2.75) is 32.1 Å². The van der Waals surface area contributed by atoms with Gasteiger partial charge in [-0.1, -0.05) is 12.1 Å². The first-order chi connectivity index (χ1) is 13.2. The SMILES string of the molecule is CCCNc1[c]ccc(N2CCC(c3noc4cc(F)ccc34)CC2)c1O. The number of phenols is 1. The minimum atomic E-state index is -0.316. The van der Waals surface area contributed by atoms with Crippen molar-refractivity contribution in [1.82, 2.24) is 5.16 Å². The Bertz CT molecular complexity index is 932. The fourth-order valence-electron chi connectivity index (χ4n) is 3.74. The van der Waals surface area contributed by atoms with Gasteiger partial charge in [-0.3, -0.25) is 0 Å². The number of nitrogens with one attached hydrogen (secondary N) is 1. The van der Waals surface area contributed by atoms with Crippen molar-refractivity contribution in [2.24, 2.45) is 0 Å². The second kappa shape index (κ2) is 7.47. The van der Waals surface area contributed by atoms with Gasteiger partial charge in [0.2, 0.25) is 0 Å². The quantitative estimate of drug-likeness (QED) is 0.641. The van der Waals surface area contributed by atoms with Crippen LogP contribution in [-0.4, -0.2) is 29.9 Å². The van der Waals surface area contributed by atoms with Gasteiger partial charge in [-0.15, -0.1) is 0 Å². The van der Waals surface area contributed by atoms with Gasteiger partial charge in [-0.05, 0) is 43.5 Å². The van der Waals surface area contributed by atoms with Crippen LogP contribution in [0.3, 0.4) is 0 Å². The Balaban J connectivity index is 1.49. The van der Waals surface area contributed by atoms with Gasteiger partial charge in [-0.2, -0.15) is 0 Å². The summed E-state index contributed by atoms with van der Waals surface area (Å²) in [5.74, 6) is 0.207. The number of halogens is 1. The van der Waals surface area contributed by atoms with Gasteiger partial charge in [0.1, 0.15) is 5.82 Å². The summed E-state index contributed by atoms with van der Waals surface area (Å²) in [4.78, 5) is 2.19. The highest BCUT2D eigenvalue weighted by atomic mass is 19.1. The molecule has 141 valence electrons. The van der Waals surface area contributed by atoms with E-state index in [1.807, 2.05) is 12.1 Å². The summed E-state index contributed by atoms with van der Waals surface area (Å²) < 4.78 is 18.7. The van der Waals surface area contributed by atoms with E-state index in [4.69, 9.17) is 4.52 Å². The number of hydrogen-bond acceptors (Lipinski definition) is 5. The largest absolute Gasteiger partial charge is 0.504 e. The molecule has 2 aromatic carbocycles. The number of benzene rings is 2. The maximum absolute atomic E-state index is 13.3. The second-order valence-electron chi connectivity index (χ2n) is 6.98. The van der Waals surface area contributed by atoms with Crippen LogP contribution >= 0.6 is 0 Å². The molecule has 4 rings (SSSR count). The highest BCUT2D eigenvalue weighted by Crippen LogP contribution is 2.39. The Morgan fingerprint density at radius 1 is 1.33 bits per heavy atom. The molecule has 0 unspecified atom stereocenters. The summed E-state index contributed by atoms with van der Waals surface area (Å²) in [5, 5.41) is 18.9. The van der Waals surface area contributed by atoms with Crippen molar-refractivity contribution in [3.63, 3.8) is 0 Å². The fourth-order valence-corrected chi connectivity index (χ4v) is 3.74. The standard InChI is InChI=1S/C21H23FN3O2/c1-2-10-23-17-4-3-5-18(21(17)26)25-11-8-14(9-12-25)20-16-7-6-15(22)13-19(16)27-24-20/h3,5-7,13-14,23,26H,2,8-12H2,1H3. The maximum atomic E-state index is 13.3. The van der Waals surface area contributed by atoms with Crippen LogP contribution in [0.5, 0.6) is 5.75 Å². The first-order valence-corrected chi connectivity index (χ1v) is 9.44. The van der Waals surface area contributed by atoms with Crippen LogP contribution in [0.2, 0.25) is 0 Å². The van der Waals surface area contributed by atoms with Crippen molar-refractivity contribution < 1.29 is 14.0 Å². The number of rotatable bonds is 5. The van der Waals surface area contributed by atoms with E-state index in [1.165, 1.54) is 12.1 Å². The van der Waals surface area contributed by atoms with E-state index in [0.29, 0.717) is 11.3 Å². The van der Waals surface area contributed by atoms with Crippen LogP contribution in [0.1, 0.15) is 37.8 Å². The number of fused-ring (bicyclic) bond motifs is 1. The summed E-state index contributed by atoms with van der Waals surface area (Å²) >= 11 is 0. The first kappa shape index (κ1) is 17.6. The molecule has 5 nitrogen and oxygen atoms in total. The Hall–Kier alpha value is -2.76. The van der Waals surface area contributed by atoms with Crippen LogP contribution < -0.4 is 10.2 Å². The molecule has 1 aliphatic rings. The zero-order chi connectivity index (χ0) is 18.8. The summed E-state index contributed by atoms with van der Waals surface area (Å²) in [6.07, 6.45) is 2.78. The fraction of sp³-hybridized carbons (Fsp3) is 0.381. The van der Waals surface area contributed by atoms with Crippen molar-refractivity contribution in [3.8, 4) is 5.75 Å². The molecule has 0 bridgehead atoms. The van der Waals surface area contributed by atoms with Crippen molar-refractivity contribution in [2.75, 3.05) is 29.9 Å². The summed E-state index contributed by atoms with van der Waals surface area (Å²) in [6.45, 7) is 4.51. The summed E-state index contributed by atoms with van der Waals surface area (Å²) in [5.41, 5.74) is 2.88. The number of anilines is 2. The number of phenolic OH excluding ortho intramolecular Hbond substituents is 1. The topological polar surface area (TPSA) is 61.5 Å². The monoisotopic (exact) mass is 368 g/mol. The number of aromatic nitrogens is 1. The molecule has 6 heteroatoms. The summed E-state index contributed by atoms with van der Waals surface area (Å²) in [7, 11) is 0. The Kier molecular flexibility index (Phi) is 4.88. The van der Waals surface area contributed by atoms with Crippen LogP contribution in [0.25, 0.3) is 11.0 Å². The average Bonchev–Trinajstić information content (AvgIpc) is 3.10. The second-order valence-corrected chi connectivity index (χ2v) is 6.98. The van der Waals surface area contributed by atoms with Crippen LogP contribution in [-0.2, 0) is 0 Å². The zero-order valence-electron chi connectivity index (χ0n) is 15.3. The van der Waals surface area contributed by atoms with Crippen LogP contribution in [0, 0.1) is 11.9 Å². The molecule has 0 atom stereocenters. The highest BCUT2D eigenvalue weighted by Gasteiger charge is 2.26. The first-order valence-electron chi connectivity index (χ1n) is 9.44. The van der Waals surface area contributed by atoms with Gasteiger partial charge >= 0.3 is 0 Å². The number of aromatic hydroxyl groups is 1. The van der Waals surface area contributed by atoms with Gasteiger partial charge in [0.25, 0.3) is 0 Å². The third-order valence-electron chi connectivity index (χ3n) is 5.18. The minimum Gasteiger partial charge on any atom is -0.504 e. The smallest absolute Gasteiger partial charge is 0.170 e. The molecule has 1 fully saturated rings. The lowest BCUT2D eigenvalue weighted by Crippen LogP contribution is -2.33. The van der Waals surface area contributed by atoms with Gasteiger partial charge in [0, 0.05) is 43.1 Å². The molecular formula is C21H23FN3O2. The maximum Gasteiger partial charge on any atom is 0.170 e. The molecule has 0 saturated carbocycles. The molecule has 1 aliphatic heterocycles. The minimum absolute atomic E-state index is 0.256. The lowest BCUT2D eigenvalue weighted by atomic mass is 9.91. The zero-order valence-corrected chi connectivity index (χ0v) is 15.3. The predicted molar refractivity (Wildman–Crippen MR) is 104 cm³/mol. The Morgan fingerprint density at radius 2 is 2.15 bits per heavy atom. The average molecular weight is 368 g/mol. The van der Waals surface area contributed by atoms with E-state index in [9.17, 15) is 9.50 Å². The molecule has 2 N–H and O–H groups in total. The molecule has 27 heavy (non-hydrogen) atoms. The normalized spacial score (nSPS) is 15.4. The number of nitrogens with zero attached hydrogens (tertiary/aromatic N) is 2. The molecule has 0 spiro atoms. The molecule has 1 saturated heterocycles. The molecule has 1 aromatic heterocycles. The lowest BCUT2D eigenvalue weighted by molar-refractivity contribution is 0.414. The summed E-state index contributed by atoms with van der Waals surface area (Å²) in [6, 6.07) is 11.4. The highest BCUT2D eigenvalue weighted by molar-refractivity contribution is 5.80. The Labute approximate surface area is 157 Å². The van der Waals surface area contributed by atoms with Gasteiger partial charge in [0.05, 0.1) is 17.1 Å². The predicted octanol–water partition coefficient (Wildman–Crippen LogP) is 4.68. The van der Waals surface area contributed by atoms with Crippen molar-refractivity contribution in [3.05, 3.63) is 47.9 Å². The van der Waals surface area contributed by atoms with E-state index in [0.717, 1.165) is 55.7 Å².